The first-order valence-electron chi connectivity index (χ1n) is 10.7. The maximum Gasteiger partial charge on any atom is 0.252 e. The first kappa shape index (κ1) is 20.4. The van der Waals surface area contributed by atoms with Gasteiger partial charge in [-0.25, -0.2) is 14.6 Å². The van der Waals surface area contributed by atoms with Crippen LogP contribution in [0, 0.1) is 6.92 Å². The molecule has 0 fully saturated rings. The van der Waals surface area contributed by atoms with Crippen molar-refractivity contribution in [1.82, 2.24) is 29.5 Å². The number of aromatic nitrogens is 5. The molecule has 5 aromatic heterocycles. The molecule has 5 aromatic rings. The monoisotopic (exact) mass is 444 g/mol. The van der Waals surface area contributed by atoms with Crippen LogP contribution in [0.25, 0.3) is 27.3 Å². The van der Waals surface area contributed by atoms with Crippen LogP contribution in [0.1, 0.15) is 40.8 Å². The van der Waals surface area contributed by atoms with Gasteiger partial charge in [-0.15, -0.1) is 11.3 Å². The number of hydrogen-bond donors (Lipinski definition) is 1. The average molecular weight is 445 g/mol. The zero-order chi connectivity index (χ0) is 22.2. The Hall–Kier alpha value is -3.52. The molecule has 8 heteroatoms. The third-order valence-corrected chi connectivity index (χ3v) is 6.40. The quantitative estimate of drug-likeness (QED) is 0.413. The maximum atomic E-state index is 13.2. The summed E-state index contributed by atoms with van der Waals surface area (Å²) in [6, 6.07) is 12.0. The van der Waals surface area contributed by atoms with E-state index in [1.165, 1.54) is 4.88 Å². The molecule has 1 amide bonds. The van der Waals surface area contributed by atoms with E-state index in [4.69, 9.17) is 4.98 Å². The van der Waals surface area contributed by atoms with Gasteiger partial charge in [0.15, 0.2) is 5.65 Å². The minimum atomic E-state index is -0.126. The second-order valence-electron chi connectivity index (χ2n) is 8.09. The predicted octanol–water partition coefficient (Wildman–Crippen LogP) is 4.67. The molecule has 0 unspecified atom stereocenters. The number of pyridine rings is 2. The number of rotatable bonds is 6. The highest BCUT2D eigenvalue weighted by atomic mass is 32.1. The molecule has 5 heterocycles. The lowest BCUT2D eigenvalue weighted by atomic mass is 10.1. The number of fused-ring (bicyclic) bond motifs is 2. The minimum Gasteiger partial charge on any atom is -0.352 e. The second kappa shape index (κ2) is 8.20. The van der Waals surface area contributed by atoms with Gasteiger partial charge in [-0.3, -0.25) is 4.79 Å². The van der Waals surface area contributed by atoms with Gasteiger partial charge in [-0.05, 0) is 51.1 Å². The van der Waals surface area contributed by atoms with Gasteiger partial charge in [-0.1, -0.05) is 6.07 Å². The molecule has 32 heavy (non-hydrogen) atoms. The van der Waals surface area contributed by atoms with Crippen molar-refractivity contribution in [2.24, 2.45) is 0 Å². The highest BCUT2D eigenvalue weighted by Crippen LogP contribution is 2.30. The largest absolute Gasteiger partial charge is 0.352 e. The Morgan fingerprint density at radius 3 is 2.81 bits per heavy atom. The Labute approximate surface area is 189 Å². The van der Waals surface area contributed by atoms with Crippen molar-refractivity contribution in [3.8, 4) is 10.6 Å². The van der Waals surface area contributed by atoms with Gasteiger partial charge in [0.1, 0.15) is 5.65 Å². The number of imidazole rings is 1. The highest BCUT2D eigenvalue weighted by Gasteiger charge is 2.19. The third kappa shape index (κ3) is 3.78. The molecule has 0 saturated heterocycles. The molecule has 0 atom stereocenters. The summed E-state index contributed by atoms with van der Waals surface area (Å²) in [7, 11) is 0. The lowest BCUT2D eigenvalue weighted by Crippen LogP contribution is -2.26. The lowest BCUT2D eigenvalue weighted by molar-refractivity contribution is 0.0955. The first-order valence-corrected chi connectivity index (χ1v) is 11.5. The number of nitrogens with zero attached hydrogens (tertiary/aromatic N) is 5. The summed E-state index contributed by atoms with van der Waals surface area (Å²) in [5.41, 5.74) is 3.97. The molecule has 5 rings (SSSR count). The van der Waals surface area contributed by atoms with Gasteiger partial charge in [0.25, 0.3) is 5.91 Å². The van der Waals surface area contributed by atoms with E-state index in [1.807, 2.05) is 45.7 Å². The van der Waals surface area contributed by atoms with E-state index < -0.39 is 0 Å². The molecular formula is C24H24N6OS. The zero-order valence-electron chi connectivity index (χ0n) is 18.2. The molecule has 0 aliphatic carbocycles. The molecule has 1 N–H and O–H groups in total. The fourth-order valence-corrected chi connectivity index (χ4v) is 4.62. The van der Waals surface area contributed by atoms with E-state index in [1.54, 1.807) is 17.5 Å². The fourth-order valence-electron chi connectivity index (χ4n) is 3.79. The first-order chi connectivity index (χ1) is 15.5. The Morgan fingerprint density at radius 2 is 2.06 bits per heavy atom. The van der Waals surface area contributed by atoms with Gasteiger partial charge in [0.05, 0.1) is 33.4 Å². The van der Waals surface area contributed by atoms with Crippen LogP contribution in [0.4, 0.5) is 0 Å². The summed E-state index contributed by atoms with van der Waals surface area (Å²) in [6.45, 7) is 6.69. The molecular weight excluding hydrogens is 420 g/mol. The fraction of sp³-hybridized carbons (Fsp3) is 0.250. The van der Waals surface area contributed by atoms with Crippen LogP contribution >= 0.6 is 11.3 Å². The van der Waals surface area contributed by atoms with Crippen molar-refractivity contribution in [2.75, 3.05) is 6.54 Å². The Bertz CT molecular complexity index is 1390. The summed E-state index contributed by atoms with van der Waals surface area (Å²) in [4.78, 5) is 24.9. The predicted molar refractivity (Wildman–Crippen MR) is 127 cm³/mol. The van der Waals surface area contributed by atoms with Gasteiger partial charge in [0.2, 0.25) is 0 Å². The van der Waals surface area contributed by atoms with Crippen LogP contribution in [0.3, 0.4) is 0 Å². The summed E-state index contributed by atoms with van der Waals surface area (Å²) >= 11 is 1.67. The summed E-state index contributed by atoms with van der Waals surface area (Å²) < 4.78 is 3.85. The van der Waals surface area contributed by atoms with Crippen molar-refractivity contribution >= 4 is 33.9 Å². The highest BCUT2D eigenvalue weighted by molar-refractivity contribution is 7.15. The van der Waals surface area contributed by atoms with E-state index in [9.17, 15) is 4.79 Å². The van der Waals surface area contributed by atoms with E-state index in [0.717, 1.165) is 32.9 Å². The topological polar surface area (TPSA) is 77.1 Å². The van der Waals surface area contributed by atoms with E-state index in [0.29, 0.717) is 18.5 Å². The number of hydrogen-bond acceptors (Lipinski definition) is 5. The van der Waals surface area contributed by atoms with Crippen LogP contribution in [0.15, 0.2) is 55.0 Å². The molecule has 0 bridgehead atoms. The number of carbonyl (C=O) groups excluding carboxylic acids is 1. The van der Waals surface area contributed by atoms with E-state index >= 15 is 0 Å². The van der Waals surface area contributed by atoms with Gasteiger partial charge >= 0.3 is 0 Å². The van der Waals surface area contributed by atoms with Crippen LogP contribution < -0.4 is 5.32 Å². The molecule has 0 aromatic carbocycles. The molecule has 0 aliphatic rings. The van der Waals surface area contributed by atoms with Crippen molar-refractivity contribution in [3.63, 3.8) is 0 Å². The molecule has 7 nitrogen and oxygen atoms in total. The summed E-state index contributed by atoms with van der Waals surface area (Å²) in [6.07, 6.45) is 6.36. The summed E-state index contributed by atoms with van der Waals surface area (Å²) in [5.74, 6) is -0.126. The Morgan fingerprint density at radius 1 is 1.19 bits per heavy atom. The van der Waals surface area contributed by atoms with E-state index in [-0.39, 0.29) is 11.9 Å². The zero-order valence-corrected chi connectivity index (χ0v) is 19.1. The number of aryl methyl sites for hydroxylation is 1. The van der Waals surface area contributed by atoms with E-state index in [2.05, 4.69) is 48.3 Å². The minimum absolute atomic E-state index is 0.126. The van der Waals surface area contributed by atoms with Crippen LogP contribution in [0.5, 0.6) is 0 Å². The van der Waals surface area contributed by atoms with Crippen LogP contribution in [0.2, 0.25) is 0 Å². The SMILES string of the molecule is Cc1ccc(-c2cc(C(=O)NCCc3cn4ccccc4n3)c3cnn(C(C)C)c3n2)s1. The van der Waals surface area contributed by atoms with Crippen molar-refractivity contribution < 1.29 is 4.79 Å². The second-order valence-corrected chi connectivity index (χ2v) is 9.38. The standard InChI is InChI=1S/C24H24N6OS/c1-15(2)30-23-19(13-26-30)18(12-20(28-23)21-8-7-16(3)32-21)24(31)25-10-9-17-14-29-11-5-4-6-22(29)27-17/h4-8,11-15H,9-10H2,1-3H3,(H,25,31). The van der Waals surface area contributed by atoms with Gasteiger partial charge < -0.3 is 9.72 Å². The van der Waals surface area contributed by atoms with Crippen molar-refractivity contribution in [1.29, 1.82) is 0 Å². The van der Waals surface area contributed by atoms with Crippen LogP contribution in [-0.4, -0.2) is 36.6 Å². The molecule has 0 radical (unpaired) electrons. The van der Waals surface area contributed by atoms with Crippen molar-refractivity contribution in [2.45, 2.75) is 33.2 Å². The lowest BCUT2D eigenvalue weighted by Gasteiger charge is -2.10. The molecule has 0 saturated carbocycles. The third-order valence-electron chi connectivity index (χ3n) is 5.37. The maximum absolute atomic E-state index is 13.2. The molecule has 0 spiro atoms. The summed E-state index contributed by atoms with van der Waals surface area (Å²) in [5, 5.41) is 8.32. The molecule has 162 valence electrons. The number of thiophene rings is 1. The Kier molecular flexibility index (Phi) is 5.22. The number of carbonyl (C=O) groups is 1. The number of amides is 1. The van der Waals surface area contributed by atoms with Crippen molar-refractivity contribution in [3.05, 3.63) is 71.1 Å². The normalized spacial score (nSPS) is 11.6. The average Bonchev–Trinajstić information content (AvgIpc) is 3.50. The number of nitrogens with one attached hydrogen (secondary N) is 1. The smallest absolute Gasteiger partial charge is 0.252 e. The van der Waals surface area contributed by atoms with Gasteiger partial charge in [-0.2, -0.15) is 5.10 Å². The van der Waals surface area contributed by atoms with Gasteiger partial charge in [0, 0.05) is 36.3 Å². The molecule has 0 aliphatic heterocycles. The van der Waals surface area contributed by atoms with Crippen LogP contribution in [-0.2, 0) is 6.42 Å². The Balaban J connectivity index is 1.43.